The molecule has 0 aliphatic heterocycles. The minimum absolute atomic E-state index is 0.0665. The summed E-state index contributed by atoms with van der Waals surface area (Å²) in [5, 5.41) is 0.0665. The molecule has 0 atom stereocenters. The summed E-state index contributed by atoms with van der Waals surface area (Å²) in [6.45, 7) is 2.35. The number of benzene rings is 1. The summed E-state index contributed by atoms with van der Waals surface area (Å²) in [5.41, 5.74) is 1.40. The maximum absolute atomic E-state index is 11.6. The second-order valence-corrected chi connectivity index (χ2v) is 4.56. The summed E-state index contributed by atoms with van der Waals surface area (Å²) < 4.78 is 1.15. The molecule has 18 heavy (non-hydrogen) atoms. The van der Waals surface area contributed by atoms with Gasteiger partial charge in [0.2, 0.25) is 0 Å². The molecule has 1 aromatic carbocycles. The van der Waals surface area contributed by atoms with Gasteiger partial charge in [-0.3, -0.25) is 14.3 Å². The highest BCUT2D eigenvalue weighted by Gasteiger charge is 2.03. The molecule has 0 unspecified atom stereocenters. The number of rotatable bonds is 3. The first-order valence-corrected chi connectivity index (χ1v) is 5.99. The second-order valence-electron chi connectivity index (χ2n) is 4.15. The maximum atomic E-state index is 11.6. The highest BCUT2D eigenvalue weighted by atomic mass is 35.5. The summed E-state index contributed by atoms with van der Waals surface area (Å²) in [6.07, 6.45) is 0.631. The average molecular weight is 265 g/mol. The lowest BCUT2D eigenvalue weighted by Crippen LogP contribution is -2.35. The Morgan fingerprint density at radius 1 is 1.28 bits per heavy atom. The van der Waals surface area contributed by atoms with Crippen molar-refractivity contribution in [3.05, 3.63) is 67.4 Å². The molecule has 0 saturated heterocycles. The normalized spacial score (nSPS) is 10.6. The van der Waals surface area contributed by atoms with Gasteiger partial charge in [-0.25, -0.2) is 4.79 Å². The molecule has 0 amide bonds. The zero-order valence-corrected chi connectivity index (χ0v) is 10.7. The van der Waals surface area contributed by atoms with E-state index < -0.39 is 5.69 Å². The van der Waals surface area contributed by atoms with E-state index in [-0.39, 0.29) is 10.7 Å². The quantitative estimate of drug-likeness (QED) is 0.859. The van der Waals surface area contributed by atoms with Crippen LogP contribution in [-0.2, 0) is 13.0 Å². The predicted octanol–water partition coefficient (Wildman–Crippen LogP) is 1.74. The summed E-state index contributed by atoms with van der Waals surface area (Å²) in [5.74, 6) is 0. The number of H-pyrrole nitrogens is 1. The summed E-state index contributed by atoms with van der Waals surface area (Å²) >= 11 is 5.59. The number of nitrogens with one attached hydrogen (secondary N) is 1. The van der Waals surface area contributed by atoms with Crippen LogP contribution in [0.5, 0.6) is 0 Å². The molecular formula is C13H13ClN2O2. The molecule has 0 radical (unpaired) electrons. The Bertz CT molecular complexity index is 642. The molecule has 1 heterocycles. The second kappa shape index (κ2) is 5.23. The number of nitrogens with zero attached hydrogens (tertiary/aromatic N) is 1. The first-order valence-electron chi connectivity index (χ1n) is 5.61. The lowest BCUT2D eigenvalue weighted by molar-refractivity contribution is 0.627. The summed E-state index contributed by atoms with van der Waals surface area (Å²) in [6, 6.07) is 9.18. The van der Waals surface area contributed by atoms with Gasteiger partial charge in [-0.15, -0.1) is 0 Å². The Kier molecular flexibility index (Phi) is 3.67. The van der Waals surface area contributed by atoms with E-state index in [1.165, 1.54) is 6.07 Å². The van der Waals surface area contributed by atoms with Gasteiger partial charge in [-0.1, -0.05) is 41.4 Å². The predicted molar refractivity (Wildman–Crippen MR) is 71.2 cm³/mol. The minimum Gasteiger partial charge on any atom is -0.298 e. The van der Waals surface area contributed by atoms with E-state index in [2.05, 4.69) is 4.98 Å². The molecule has 0 saturated carbocycles. The fourth-order valence-corrected chi connectivity index (χ4v) is 1.99. The highest BCUT2D eigenvalue weighted by molar-refractivity contribution is 6.29. The Labute approximate surface area is 109 Å². The molecule has 0 spiro atoms. The largest absolute Gasteiger partial charge is 0.329 e. The SMILES string of the molecule is Cc1cccc(CCn2c(=O)cc(Cl)[nH]c2=O)c1. The van der Waals surface area contributed by atoms with Crippen molar-refractivity contribution in [3.63, 3.8) is 0 Å². The standard InChI is InChI=1S/C13H13ClN2O2/c1-9-3-2-4-10(7-9)5-6-16-12(17)8-11(14)15-13(16)18/h2-4,7-8H,5-6H2,1H3,(H,15,18). The molecule has 1 N–H and O–H groups in total. The third kappa shape index (κ3) is 2.90. The van der Waals surface area contributed by atoms with Crippen LogP contribution in [0, 0.1) is 6.92 Å². The van der Waals surface area contributed by atoms with Gasteiger partial charge in [0, 0.05) is 12.6 Å². The smallest absolute Gasteiger partial charge is 0.298 e. The van der Waals surface area contributed by atoms with Crippen molar-refractivity contribution in [2.24, 2.45) is 0 Å². The van der Waals surface area contributed by atoms with Crippen molar-refractivity contribution < 1.29 is 0 Å². The summed E-state index contributed by atoms with van der Waals surface area (Å²) in [7, 11) is 0. The van der Waals surface area contributed by atoms with Crippen molar-refractivity contribution in [3.8, 4) is 0 Å². The van der Waals surface area contributed by atoms with Crippen molar-refractivity contribution >= 4 is 11.6 Å². The fraction of sp³-hybridized carbons (Fsp3) is 0.231. The monoisotopic (exact) mass is 264 g/mol. The van der Waals surface area contributed by atoms with Crippen molar-refractivity contribution in [2.45, 2.75) is 19.9 Å². The van der Waals surface area contributed by atoms with Crippen LogP contribution in [0.2, 0.25) is 5.15 Å². The first kappa shape index (κ1) is 12.6. The summed E-state index contributed by atoms with van der Waals surface area (Å²) in [4.78, 5) is 25.6. The number of aromatic amines is 1. The van der Waals surface area contributed by atoms with Crippen LogP contribution in [-0.4, -0.2) is 9.55 Å². The highest BCUT2D eigenvalue weighted by Crippen LogP contribution is 2.05. The molecule has 0 bridgehead atoms. The van der Waals surface area contributed by atoms with E-state index in [4.69, 9.17) is 11.6 Å². The number of hydrogen-bond donors (Lipinski definition) is 1. The molecule has 1 aromatic heterocycles. The van der Waals surface area contributed by atoms with Crippen LogP contribution in [0.3, 0.4) is 0 Å². The molecule has 0 aliphatic rings. The zero-order chi connectivity index (χ0) is 13.1. The molecular weight excluding hydrogens is 252 g/mol. The van der Waals surface area contributed by atoms with Gasteiger partial charge in [0.25, 0.3) is 5.56 Å². The van der Waals surface area contributed by atoms with Crippen LogP contribution in [0.1, 0.15) is 11.1 Å². The van der Waals surface area contributed by atoms with Crippen molar-refractivity contribution in [1.82, 2.24) is 9.55 Å². The molecule has 0 fully saturated rings. The Balaban J connectivity index is 2.21. The molecule has 2 rings (SSSR count). The van der Waals surface area contributed by atoms with Gasteiger partial charge in [0.15, 0.2) is 0 Å². The van der Waals surface area contributed by atoms with E-state index in [1.54, 1.807) is 0 Å². The number of hydrogen-bond acceptors (Lipinski definition) is 2. The topological polar surface area (TPSA) is 54.9 Å². The van der Waals surface area contributed by atoms with Crippen molar-refractivity contribution in [1.29, 1.82) is 0 Å². The molecule has 4 nitrogen and oxygen atoms in total. The van der Waals surface area contributed by atoms with Gasteiger partial charge in [0.1, 0.15) is 5.15 Å². The van der Waals surface area contributed by atoms with E-state index in [0.717, 1.165) is 15.7 Å². The van der Waals surface area contributed by atoms with Crippen molar-refractivity contribution in [2.75, 3.05) is 0 Å². The maximum Gasteiger partial charge on any atom is 0.329 e. The van der Waals surface area contributed by atoms with Gasteiger partial charge < -0.3 is 0 Å². The third-order valence-electron chi connectivity index (χ3n) is 2.69. The van der Waals surface area contributed by atoms with Crippen LogP contribution in [0.15, 0.2) is 39.9 Å². The van der Waals surface area contributed by atoms with Crippen LogP contribution < -0.4 is 11.2 Å². The van der Waals surface area contributed by atoms with Crippen LogP contribution in [0.4, 0.5) is 0 Å². The van der Waals surface area contributed by atoms with E-state index in [0.29, 0.717) is 13.0 Å². The Morgan fingerprint density at radius 2 is 2.06 bits per heavy atom. The molecule has 5 heteroatoms. The molecule has 2 aromatic rings. The van der Waals surface area contributed by atoms with Gasteiger partial charge in [-0.05, 0) is 18.9 Å². The van der Waals surface area contributed by atoms with Crippen LogP contribution in [0.25, 0.3) is 0 Å². The number of aromatic nitrogens is 2. The van der Waals surface area contributed by atoms with E-state index in [9.17, 15) is 9.59 Å². The van der Waals surface area contributed by atoms with Gasteiger partial charge in [-0.2, -0.15) is 0 Å². The third-order valence-corrected chi connectivity index (χ3v) is 2.90. The first-order chi connectivity index (χ1) is 8.56. The Morgan fingerprint density at radius 3 is 2.72 bits per heavy atom. The van der Waals surface area contributed by atoms with Gasteiger partial charge >= 0.3 is 5.69 Å². The fourth-order valence-electron chi connectivity index (χ4n) is 1.81. The average Bonchev–Trinajstić information content (AvgIpc) is 2.27. The van der Waals surface area contributed by atoms with Gasteiger partial charge in [0.05, 0.1) is 0 Å². The number of aryl methyl sites for hydroxylation is 2. The lowest BCUT2D eigenvalue weighted by atomic mass is 10.1. The number of halogens is 1. The zero-order valence-electron chi connectivity index (χ0n) is 9.94. The van der Waals surface area contributed by atoms with E-state index >= 15 is 0 Å². The minimum atomic E-state index is -0.472. The Hall–Kier alpha value is -1.81. The molecule has 0 aliphatic carbocycles. The van der Waals surface area contributed by atoms with Crippen LogP contribution >= 0.6 is 11.6 Å². The van der Waals surface area contributed by atoms with E-state index in [1.807, 2.05) is 31.2 Å². The lowest BCUT2D eigenvalue weighted by Gasteiger charge is -2.05. The molecule has 94 valence electrons.